The molecule has 0 N–H and O–H groups in total. The molecule has 3 aliphatic rings. The topological polar surface area (TPSA) is 69.1 Å². The van der Waals surface area contributed by atoms with Crippen molar-refractivity contribution in [3.05, 3.63) is 53.9 Å². The van der Waals surface area contributed by atoms with E-state index >= 15 is 0 Å². The first-order chi connectivity index (χ1) is 19.4. The monoisotopic (exact) mass is 595 g/mol. The van der Waals surface area contributed by atoms with Gasteiger partial charge in [-0.3, -0.25) is 9.69 Å². The zero-order valence-electron chi connectivity index (χ0n) is 23.8. The van der Waals surface area contributed by atoms with E-state index in [4.69, 9.17) is 0 Å². The zero-order chi connectivity index (χ0) is 29.4. The minimum Gasteiger partial charge on any atom is -0.349 e. The van der Waals surface area contributed by atoms with E-state index < -0.39 is 32.7 Å². The van der Waals surface area contributed by atoms with Gasteiger partial charge in [0.2, 0.25) is 15.9 Å². The van der Waals surface area contributed by atoms with Crippen LogP contribution < -0.4 is 0 Å². The molecule has 12 heteroatoms. The van der Waals surface area contributed by atoms with Crippen LogP contribution in [0.2, 0.25) is 0 Å². The van der Waals surface area contributed by atoms with Gasteiger partial charge in [0.25, 0.3) is 0 Å². The minimum atomic E-state index is -4.65. The van der Waals surface area contributed by atoms with Gasteiger partial charge in [0.15, 0.2) is 0 Å². The molecule has 3 atom stereocenters. The van der Waals surface area contributed by atoms with Crippen molar-refractivity contribution in [2.24, 2.45) is 0 Å². The zero-order valence-corrected chi connectivity index (χ0v) is 24.6. The smallest absolute Gasteiger partial charge is 0.349 e. The van der Waals surface area contributed by atoms with Gasteiger partial charge in [-0.15, -0.1) is 0 Å². The second kappa shape index (κ2) is 12.1. The Labute approximate surface area is 240 Å². The summed E-state index contributed by atoms with van der Waals surface area (Å²) < 4.78 is 70.7. The van der Waals surface area contributed by atoms with Crippen molar-refractivity contribution < 1.29 is 26.4 Å². The van der Waals surface area contributed by atoms with Gasteiger partial charge in [0.05, 0.1) is 16.5 Å². The summed E-state index contributed by atoms with van der Waals surface area (Å²) >= 11 is 0. The van der Waals surface area contributed by atoms with E-state index in [0.29, 0.717) is 18.7 Å². The normalized spacial score (nSPS) is 25.1. The van der Waals surface area contributed by atoms with Gasteiger partial charge in [-0.2, -0.15) is 17.5 Å². The molecule has 226 valence electrons. The third-order valence-corrected chi connectivity index (χ3v) is 11.0. The van der Waals surface area contributed by atoms with Crippen LogP contribution in [0.1, 0.15) is 55.8 Å². The summed E-state index contributed by atoms with van der Waals surface area (Å²) in [6, 6.07) is 7.49. The molecule has 41 heavy (non-hydrogen) atoms. The fourth-order valence-electron chi connectivity index (χ4n) is 6.64. The fraction of sp³-hybridized carbons (Fsp3) is 0.621. The largest absolute Gasteiger partial charge is 0.416 e. The quantitative estimate of drug-likeness (QED) is 0.483. The lowest BCUT2D eigenvalue weighted by Gasteiger charge is -2.43. The fourth-order valence-corrected chi connectivity index (χ4v) is 8.31. The minimum absolute atomic E-state index is 0.0332. The maximum absolute atomic E-state index is 13.7. The molecule has 1 amide bonds. The lowest BCUT2D eigenvalue weighted by atomic mass is 9.88. The van der Waals surface area contributed by atoms with Crippen LogP contribution in [0.25, 0.3) is 0 Å². The van der Waals surface area contributed by atoms with E-state index in [1.165, 1.54) is 10.4 Å². The van der Waals surface area contributed by atoms with E-state index in [9.17, 15) is 26.4 Å². The number of hydrogen-bond acceptors (Lipinski definition) is 5. The Kier molecular flexibility index (Phi) is 8.84. The van der Waals surface area contributed by atoms with E-state index in [-0.39, 0.29) is 31.3 Å². The summed E-state index contributed by atoms with van der Waals surface area (Å²) in [4.78, 5) is 19.8. The first-order valence-corrected chi connectivity index (χ1v) is 15.9. The molecule has 1 saturated heterocycles. The number of fused-ring (bicyclic) bond motifs is 1. The number of rotatable bonds is 7. The summed E-state index contributed by atoms with van der Waals surface area (Å²) in [5, 5.41) is 0. The lowest BCUT2D eigenvalue weighted by Crippen LogP contribution is -2.52. The van der Waals surface area contributed by atoms with Gasteiger partial charge in [-0.05, 0) is 69.5 Å². The van der Waals surface area contributed by atoms with Gasteiger partial charge in [0, 0.05) is 76.7 Å². The highest BCUT2D eigenvalue weighted by atomic mass is 32.2. The molecule has 1 aromatic carbocycles. The second-order valence-electron chi connectivity index (χ2n) is 11.6. The predicted octanol–water partition coefficient (Wildman–Crippen LogP) is 4.05. The molecule has 2 aromatic rings. The molecular formula is C29H40F3N5O3S. The molecule has 1 aromatic heterocycles. The molecule has 5 rings (SSSR count). The van der Waals surface area contributed by atoms with Crippen LogP contribution in [-0.4, -0.2) is 96.8 Å². The van der Waals surface area contributed by atoms with Crippen molar-refractivity contribution in [3.63, 3.8) is 0 Å². The third-order valence-electron chi connectivity index (χ3n) is 9.13. The van der Waals surface area contributed by atoms with Crippen molar-refractivity contribution in [1.29, 1.82) is 0 Å². The summed E-state index contributed by atoms with van der Waals surface area (Å²) in [5.74, 6) is -0.0332. The van der Waals surface area contributed by atoms with Crippen LogP contribution in [0, 0.1) is 0 Å². The van der Waals surface area contributed by atoms with Crippen LogP contribution >= 0.6 is 0 Å². The average Bonchev–Trinajstić information content (AvgIpc) is 3.45. The van der Waals surface area contributed by atoms with Gasteiger partial charge >= 0.3 is 6.18 Å². The second-order valence-corrected chi connectivity index (χ2v) is 13.5. The third kappa shape index (κ3) is 6.50. The van der Waals surface area contributed by atoms with Crippen molar-refractivity contribution in [2.75, 3.05) is 46.8 Å². The summed E-state index contributed by atoms with van der Waals surface area (Å²) in [7, 11) is -0.252. The van der Waals surface area contributed by atoms with Gasteiger partial charge < -0.3 is 14.4 Å². The number of halogens is 3. The number of sulfonamides is 1. The summed E-state index contributed by atoms with van der Waals surface area (Å²) in [6.45, 7) is 4.70. The highest BCUT2D eigenvalue weighted by Crippen LogP contribution is 2.37. The van der Waals surface area contributed by atoms with Crippen LogP contribution in [0.15, 0.2) is 47.5 Å². The summed E-state index contributed by atoms with van der Waals surface area (Å²) in [5.41, 5.74) is -0.260. The standard InChI is InChI=1S/C29H40F3N5O3S/c1-33-14-16-35(17-15-33)24-8-4-7-23(21-24)34(2)28(38)12-11-27-26-10-5-13-36(26)18-19-37(27)41(39,40)25-9-3-6-22(20-25)29(30,31)32/h3,5-6,9-10,13,20,23-24,27H,4,7-8,11-12,14-19,21H2,1-2H3/t23-,24-,27?/m1/s1. The van der Waals surface area contributed by atoms with Gasteiger partial charge in [0.1, 0.15) is 0 Å². The van der Waals surface area contributed by atoms with Gasteiger partial charge in [-0.25, -0.2) is 8.42 Å². The van der Waals surface area contributed by atoms with Crippen LogP contribution in [0.5, 0.6) is 0 Å². The van der Waals surface area contributed by atoms with Crippen LogP contribution in [0.3, 0.4) is 0 Å². The first kappa shape index (κ1) is 30.1. The molecule has 0 radical (unpaired) electrons. The van der Waals surface area contributed by atoms with Crippen molar-refractivity contribution in [2.45, 2.75) is 74.3 Å². The number of likely N-dealkylation sites (N-methyl/N-ethyl adjacent to an activating group) is 1. The Morgan fingerprint density at radius 3 is 2.51 bits per heavy atom. The van der Waals surface area contributed by atoms with Crippen molar-refractivity contribution in [3.8, 4) is 0 Å². The highest BCUT2D eigenvalue weighted by molar-refractivity contribution is 7.89. The molecule has 3 heterocycles. The van der Waals surface area contributed by atoms with Crippen LogP contribution in [-0.2, 0) is 27.5 Å². The number of piperazine rings is 1. The lowest BCUT2D eigenvalue weighted by molar-refractivity contribution is -0.137. The molecule has 8 nitrogen and oxygen atoms in total. The number of nitrogens with zero attached hydrogens (tertiary/aromatic N) is 5. The number of aromatic nitrogens is 1. The van der Waals surface area contributed by atoms with E-state index in [2.05, 4.69) is 16.8 Å². The van der Waals surface area contributed by atoms with Crippen molar-refractivity contribution in [1.82, 2.24) is 23.6 Å². The number of hydrogen-bond donors (Lipinski definition) is 0. The highest BCUT2D eigenvalue weighted by Gasteiger charge is 2.39. The summed E-state index contributed by atoms with van der Waals surface area (Å²) in [6.07, 6.45) is 1.72. The molecule has 1 saturated carbocycles. The maximum Gasteiger partial charge on any atom is 0.416 e. The Morgan fingerprint density at radius 1 is 1.02 bits per heavy atom. The predicted molar refractivity (Wildman–Crippen MR) is 150 cm³/mol. The Bertz CT molecular complexity index is 1320. The van der Waals surface area contributed by atoms with Crippen molar-refractivity contribution >= 4 is 15.9 Å². The maximum atomic E-state index is 13.7. The molecule has 1 aliphatic carbocycles. The Hall–Kier alpha value is -2.41. The average molecular weight is 596 g/mol. The number of amides is 1. The number of benzene rings is 1. The number of alkyl halides is 3. The number of carbonyl (C=O) groups excluding carboxylic acids is 1. The Balaban J connectivity index is 1.29. The SMILES string of the molecule is CN1CCN([C@@H]2CCC[C@@H](N(C)C(=O)CCC3c4cccn4CCN3S(=O)(=O)c3cccc(C(F)(F)F)c3)C2)CC1. The molecule has 0 bridgehead atoms. The Morgan fingerprint density at radius 2 is 1.78 bits per heavy atom. The van der Waals surface area contributed by atoms with E-state index in [1.807, 2.05) is 34.8 Å². The van der Waals surface area contributed by atoms with E-state index in [0.717, 1.165) is 69.7 Å². The van der Waals surface area contributed by atoms with Gasteiger partial charge in [-0.1, -0.05) is 6.07 Å². The van der Waals surface area contributed by atoms with E-state index in [1.54, 1.807) is 0 Å². The number of carbonyl (C=O) groups is 1. The first-order valence-electron chi connectivity index (χ1n) is 14.5. The van der Waals surface area contributed by atoms with Crippen LogP contribution in [0.4, 0.5) is 13.2 Å². The molecule has 1 unspecified atom stereocenters. The molecule has 2 fully saturated rings. The molecule has 2 aliphatic heterocycles. The molecular weight excluding hydrogens is 555 g/mol. The molecule has 0 spiro atoms.